The molecule has 0 spiro atoms. The number of nitrogens with zero attached hydrogens (tertiary/aromatic N) is 1. The highest BCUT2D eigenvalue weighted by Gasteiger charge is 2.21. The van der Waals surface area contributed by atoms with Gasteiger partial charge in [-0.3, -0.25) is 4.79 Å². The Labute approximate surface area is 109 Å². The molecule has 2 aromatic rings. The molecule has 2 heterocycles. The van der Waals surface area contributed by atoms with E-state index in [1.54, 1.807) is 13.8 Å². The lowest BCUT2D eigenvalue weighted by molar-refractivity contribution is 0.427. The summed E-state index contributed by atoms with van der Waals surface area (Å²) in [6, 6.07) is 1.77. The molecule has 8 heteroatoms. The Balaban J connectivity index is 2.22. The molecule has 0 aliphatic heterocycles. The zero-order valence-corrected chi connectivity index (χ0v) is 11.2. The molecule has 2 aromatic heterocycles. The van der Waals surface area contributed by atoms with E-state index in [0.29, 0.717) is 5.76 Å². The smallest absolute Gasteiger partial charge is 0.247 e. The van der Waals surface area contributed by atoms with Crippen molar-refractivity contribution in [2.24, 2.45) is 0 Å². The molecule has 0 aliphatic rings. The van der Waals surface area contributed by atoms with E-state index in [1.807, 2.05) is 0 Å². The van der Waals surface area contributed by atoms with Crippen molar-refractivity contribution in [2.75, 3.05) is 0 Å². The van der Waals surface area contributed by atoms with Gasteiger partial charge in [0.2, 0.25) is 21.5 Å². The number of hydrogen-bond acceptors (Lipinski definition) is 5. The van der Waals surface area contributed by atoms with Gasteiger partial charge >= 0.3 is 0 Å². The van der Waals surface area contributed by atoms with E-state index in [2.05, 4.69) is 14.7 Å². The van der Waals surface area contributed by atoms with Crippen LogP contribution in [0.25, 0.3) is 0 Å². The average molecular weight is 283 g/mol. The fraction of sp³-hybridized carbons (Fsp3) is 0.273. The first kappa shape index (κ1) is 13.5. The number of rotatable bonds is 4. The van der Waals surface area contributed by atoms with E-state index >= 15 is 0 Å². The van der Waals surface area contributed by atoms with Crippen molar-refractivity contribution in [2.45, 2.75) is 24.8 Å². The number of aryl methyl sites for hydroxylation is 1. The van der Waals surface area contributed by atoms with Crippen molar-refractivity contribution in [3.05, 3.63) is 46.5 Å². The van der Waals surface area contributed by atoms with E-state index in [-0.39, 0.29) is 16.3 Å². The van der Waals surface area contributed by atoms with Crippen LogP contribution in [0.3, 0.4) is 0 Å². The summed E-state index contributed by atoms with van der Waals surface area (Å²) in [4.78, 5) is 17.1. The van der Waals surface area contributed by atoms with E-state index in [4.69, 9.17) is 4.42 Å². The zero-order chi connectivity index (χ0) is 14.0. The summed E-state index contributed by atoms with van der Waals surface area (Å²) in [5.74, 6) is 0.885. The van der Waals surface area contributed by atoms with Crippen LogP contribution in [0.15, 0.2) is 38.6 Å². The van der Waals surface area contributed by atoms with Gasteiger partial charge in [-0.25, -0.2) is 13.4 Å². The third-order valence-corrected chi connectivity index (χ3v) is 3.95. The highest BCUT2D eigenvalue weighted by Crippen LogP contribution is 2.15. The number of sulfonamides is 1. The summed E-state index contributed by atoms with van der Waals surface area (Å²) in [7, 11) is -3.74. The van der Waals surface area contributed by atoms with Crippen LogP contribution in [0.5, 0.6) is 0 Å². The Morgan fingerprint density at radius 1 is 1.42 bits per heavy atom. The van der Waals surface area contributed by atoms with Gasteiger partial charge in [-0.2, -0.15) is 4.72 Å². The van der Waals surface area contributed by atoms with Gasteiger partial charge in [-0.05, 0) is 19.9 Å². The van der Waals surface area contributed by atoms with Crippen LogP contribution < -0.4 is 10.3 Å². The van der Waals surface area contributed by atoms with Crippen molar-refractivity contribution >= 4 is 10.0 Å². The molecule has 0 aliphatic carbocycles. The molecule has 7 nitrogen and oxygen atoms in total. The molecular formula is C11H13N3O4S. The zero-order valence-electron chi connectivity index (χ0n) is 10.4. The maximum absolute atomic E-state index is 12.0. The summed E-state index contributed by atoms with van der Waals surface area (Å²) in [5.41, 5.74) is -0.365. The van der Waals surface area contributed by atoms with Crippen molar-refractivity contribution in [1.82, 2.24) is 14.7 Å². The maximum Gasteiger partial charge on any atom is 0.247 e. The largest absolute Gasteiger partial charge is 0.444 e. The van der Waals surface area contributed by atoms with Crippen LogP contribution in [0, 0.1) is 6.92 Å². The standard InChI is InChI=1S/C11H13N3O4S/c1-7-5-13-11(18-7)8(2)14-19(16,17)9-3-4-10(15)12-6-9/h3-6,8,14H,1-2H3,(H,12,15). The summed E-state index contributed by atoms with van der Waals surface area (Å²) in [5, 5.41) is 0. The minimum atomic E-state index is -3.74. The van der Waals surface area contributed by atoms with Crippen molar-refractivity contribution in [3.8, 4) is 0 Å². The van der Waals surface area contributed by atoms with Crippen LogP contribution in [0.2, 0.25) is 0 Å². The second-order valence-electron chi connectivity index (χ2n) is 4.04. The second-order valence-corrected chi connectivity index (χ2v) is 5.75. The molecule has 0 radical (unpaired) electrons. The topological polar surface area (TPSA) is 105 Å². The van der Waals surface area contributed by atoms with Gasteiger partial charge in [0.25, 0.3) is 0 Å². The van der Waals surface area contributed by atoms with Crippen LogP contribution in [-0.2, 0) is 10.0 Å². The molecule has 2 rings (SSSR count). The lowest BCUT2D eigenvalue weighted by Crippen LogP contribution is -2.27. The van der Waals surface area contributed by atoms with Gasteiger partial charge in [0.05, 0.1) is 17.1 Å². The summed E-state index contributed by atoms with van der Waals surface area (Å²) in [6.07, 6.45) is 2.65. The Hall–Kier alpha value is -1.93. The molecule has 0 aromatic carbocycles. The SMILES string of the molecule is Cc1cnc(C(C)NS(=O)(=O)c2ccc(=O)[nH]c2)o1. The number of oxazole rings is 1. The molecule has 0 saturated heterocycles. The molecule has 0 bridgehead atoms. The average Bonchev–Trinajstić information content (AvgIpc) is 2.76. The van der Waals surface area contributed by atoms with E-state index in [9.17, 15) is 13.2 Å². The van der Waals surface area contributed by atoms with Crippen LogP contribution in [0.1, 0.15) is 24.6 Å². The molecule has 0 fully saturated rings. The van der Waals surface area contributed by atoms with Gasteiger partial charge in [-0.1, -0.05) is 0 Å². The number of pyridine rings is 1. The Morgan fingerprint density at radius 3 is 2.68 bits per heavy atom. The van der Waals surface area contributed by atoms with Crippen LogP contribution in [-0.4, -0.2) is 18.4 Å². The van der Waals surface area contributed by atoms with Gasteiger partial charge in [0.1, 0.15) is 5.76 Å². The number of H-pyrrole nitrogens is 1. The maximum atomic E-state index is 12.0. The molecule has 2 N–H and O–H groups in total. The predicted octanol–water partition coefficient (Wildman–Crippen LogP) is 0.711. The minimum absolute atomic E-state index is 0.0257. The lowest BCUT2D eigenvalue weighted by Gasteiger charge is -2.10. The first-order valence-corrected chi connectivity index (χ1v) is 7.00. The Kier molecular flexibility index (Phi) is 3.54. The number of nitrogens with one attached hydrogen (secondary N) is 2. The lowest BCUT2D eigenvalue weighted by atomic mass is 10.4. The first-order valence-electron chi connectivity index (χ1n) is 5.52. The molecule has 1 unspecified atom stereocenters. The molecule has 0 saturated carbocycles. The quantitative estimate of drug-likeness (QED) is 0.859. The first-order chi connectivity index (χ1) is 8.88. The molecule has 102 valence electrons. The summed E-state index contributed by atoms with van der Waals surface area (Å²) in [6.45, 7) is 3.34. The molecule has 0 amide bonds. The van der Waals surface area contributed by atoms with Gasteiger partial charge in [0, 0.05) is 12.3 Å². The van der Waals surface area contributed by atoms with Gasteiger partial charge < -0.3 is 9.40 Å². The van der Waals surface area contributed by atoms with E-state index < -0.39 is 16.1 Å². The summed E-state index contributed by atoms with van der Waals surface area (Å²) < 4.78 is 31.7. The Morgan fingerprint density at radius 2 is 2.16 bits per heavy atom. The van der Waals surface area contributed by atoms with Crippen molar-refractivity contribution in [1.29, 1.82) is 0 Å². The minimum Gasteiger partial charge on any atom is -0.444 e. The second kappa shape index (κ2) is 4.98. The number of aromatic nitrogens is 2. The number of aromatic amines is 1. The fourth-order valence-corrected chi connectivity index (χ4v) is 2.65. The van der Waals surface area contributed by atoms with Gasteiger partial charge in [0.15, 0.2) is 0 Å². The predicted molar refractivity (Wildman–Crippen MR) is 67.0 cm³/mol. The normalized spacial score (nSPS) is 13.4. The highest BCUT2D eigenvalue weighted by molar-refractivity contribution is 7.89. The molecule has 1 atom stereocenters. The monoisotopic (exact) mass is 283 g/mol. The summed E-state index contributed by atoms with van der Waals surface area (Å²) >= 11 is 0. The highest BCUT2D eigenvalue weighted by atomic mass is 32.2. The van der Waals surface area contributed by atoms with Gasteiger partial charge in [-0.15, -0.1) is 0 Å². The van der Waals surface area contributed by atoms with Crippen molar-refractivity contribution < 1.29 is 12.8 Å². The van der Waals surface area contributed by atoms with Crippen LogP contribution >= 0.6 is 0 Å². The third-order valence-electron chi connectivity index (χ3n) is 2.41. The molecule has 19 heavy (non-hydrogen) atoms. The van der Waals surface area contributed by atoms with Crippen molar-refractivity contribution in [3.63, 3.8) is 0 Å². The third kappa shape index (κ3) is 3.09. The fourth-order valence-electron chi connectivity index (χ4n) is 1.49. The molecular weight excluding hydrogens is 270 g/mol. The number of hydrogen-bond donors (Lipinski definition) is 2. The van der Waals surface area contributed by atoms with E-state index in [1.165, 1.54) is 12.3 Å². The van der Waals surface area contributed by atoms with E-state index in [0.717, 1.165) is 12.3 Å². The van der Waals surface area contributed by atoms with Crippen LogP contribution in [0.4, 0.5) is 0 Å². The Bertz CT molecular complexity index is 712.